The second kappa shape index (κ2) is 8.11. The number of hydrogen-bond donors (Lipinski definition) is 0. The first-order chi connectivity index (χ1) is 11.4. The Hall–Kier alpha value is -2.14. The van der Waals surface area contributed by atoms with Gasteiger partial charge in [0.2, 0.25) is 0 Å². The monoisotopic (exact) mass is 329 g/mol. The van der Waals surface area contributed by atoms with E-state index in [0.717, 1.165) is 18.7 Å². The van der Waals surface area contributed by atoms with E-state index >= 15 is 0 Å². The molecule has 2 rings (SSSR count). The van der Waals surface area contributed by atoms with E-state index in [1.165, 1.54) is 0 Å². The Morgan fingerprint density at radius 1 is 1.12 bits per heavy atom. The molecule has 1 saturated heterocycles. The molecule has 0 unspecified atom stereocenters. The molecule has 0 N–H and O–H groups in total. The second-order valence-corrected chi connectivity index (χ2v) is 6.42. The van der Waals surface area contributed by atoms with E-state index in [-0.39, 0.29) is 11.8 Å². The molecule has 0 spiro atoms. The highest BCUT2D eigenvalue weighted by molar-refractivity contribution is 6.07. The van der Waals surface area contributed by atoms with E-state index in [9.17, 15) is 9.59 Å². The van der Waals surface area contributed by atoms with E-state index in [1.807, 2.05) is 30.9 Å². The minimum atomic E-state index is -0.112. The van der Waals surface area contributed by atoms with Crippen LogP contribution in [-0.4, -0.2) is 72.8 Å². The maximum Gasteiger partial charge on any atom is 0.254 e. The molecule has 0 aliphatic carbocycles. The van der Waals surface area contributed by atoms with Gasteiger partial charge >= 0.3 is 0 Å². The summed E-state index contributed by atoms with van der Waals surface area (Å²) in [4.78, 5) is 31.5. The topological polar surface area (TPSA) is 43.9 Å². The van der Waals surface area contributed by atoms with Crippen LogP contribution in [0.2, 0.25) is 0 Å². The third kappa shape index (κ3) is 4.23. The summed E-state index contributed by atoms with van der Waals surface area (Å²) in [7, 11) is 2.05. The van der Waals surface area contributed by atoms with Gasteiger partial charge in [-0.05, 0) is 33.0 Å². The van der Waals surface area contributed by atoms with Crippen LogP contribution in [0.3, 0.4) is 0 Å². The van der Waals surface area contributed by atoms with Crippen LogP contribution in [0.15, 0.2) is 36.4 Å². The van der Waals surface area contributed by atoms with Gasteiger partial charge in [-0.2, -0.15) is 0 Å². The summed E-state index contributed by atoms with van der Waals surface area (Å²) in [5, 5.41) is 0. The molecule has 1 aromatic carbocycles. The van der Waals surface area contributed by atoms with Gasteiger partial charge in [0.15, 0.2) is 0 Å². The Kier molecular flexibility index (Phi) is 6.15. The molecule has 1 aliphatic heterocycles. The maximum atomic E-state index is 12.9. The number of amides is 2. The molecular formula is C19H27N3O2. The van der Waals surface area contributed by atoms with Crippen molar-refractivity contribution in [2.24, 2.45) is 0 Å². The van der Waals surface area contributed by atoms with Crippen molar-refractivity contribution in [3.8, 4) is 0 Å². The van der Waals surface area contributed by atoms with Crippen LogP contribution in [0.4, 0.5) is 0 Å². The summed E-state index contributed by atoms with van der Waals surface area (Å²) >= 11 is 0. The SMILES string of the molecule is C=C(C)CN(CC)C(=O)c1ccccc1C(=O)N1CCN(C)CC1. The van der Waals surface area contributed by atoms with Crippen molar-refractivity contribution in [1.29, 1.82) is 0 Å². The first-order valence-electron chi connectivity index (χ1n) is 8.44. The number of piperazine rings is 1. The molecule has 0 aromatic heterocycles. The number of carbonyl (C=O) groups is 2. The van der Waals surface area contributed by atoms with Crippen molar-refractivity contribution in [1.82, 2.24) is 14.7 Å². The molecule has 0 atom stereocenters. The van der Waals surface area contributed by atoms with Gasteiger partial charge in [-0.1, -0.05) is 24.3 Å². The first-order valence-corrected chi connectivity index (χ1v) is 8.44. The molecule has 1 aliphatic rings. The Morgan fingerprint density at radius 3 is 2.25 bits per heavy atom. The van der Waals surface area contributed by atoms with Crippen LogP contribution in [0.5, 0.6) is 0 Å². The predicted molar refractivity (Wildman–Crippen MR) is 96.2 cm³/mol. The number of carbonyl (C=O) groups excluding carboxylic acids is 2. The van der Waals surface area contributed by atoms with Crippen LogP contribution >= 0.6 is 0 Å². The number of benzene rings is 1. The third-order valence-corrected chi connectivity index (χ3v) is 4.31. The van der Waals surface area contributed by atoms with E-state index in [1.54, 1.807) is 17.0 Å². The molecule has 0 saturated carbocycles. The fourth-order valence-corrected chi connectivity index (χ4v) is 2.86. The molecule has 0 bridgehead atoms. The van der Waals surface area contributed by atoms with Crippen LogP contribution < -0.4 is 0 Å². The lowest BCUT2D eigenvalue weighted by atomic mass is 10.0. The van der Waals surface area contributed by atoms with Crippen LogP contribution in [0, 0.1) is 0 Å². The lowest BCUT2D eigenvalue weighted by molar-refractivity contribution is 0.0652. The highest BCUT2D eigenvalue weighted by atomic mass is 16.2. The third-order valence-electron chi connectivity index (χ3n) is 4.31. The van der Waals surface area contributed by atoms with Crippen molar-refractivity contribution in [3.05, 3.63) is 47.5 Å². The predicted octanol–water partition coefficient (Wildman–Crippen LogP) is 2.11. The minimum Gasteiger partial charge on any atom is -0.336 e. The van der Waals surface area contributed by atoms with Gasteiger partial charge in [-0.25, -0.2) is 0 Å². The normalized spacial score (nSPS) is 15.2. The van der Waals surface area contributed by atoms with Crippen molar-refractivity contribution in [2.75, 3.05) is 46.3 Å². The summed E-state index contributed by atoms with van der Waals surface area (Å²) < 4.78 is 0. The van der Waals surface area contributed by atoms with Gasteiger partial charge in [0.05, 0.1) is 11.1 Å². The smallest absolute Gasteiger partial charge is 0.254 e. The first kappa shape index (κ1) is 18.2. The highest BCUT2D eigenvalue weighted by Gasteiger charge is 2.25. The number of hydrogen-bond acceptors (Lipinski definition) is 3. The van der Waals surface area contributed by atoms with Gasteiger partial charge in [0.1, 0.15) is 0 Å². The van der Waals surface area contributed by atoms with Gasteiger partial charge in [0.25, 0.3) is 11.8 Å². The van der Waals surface area contributed by atoms with Crippen molar-refractivity contribution >= 4 is 11.8 Å². The van der Waals surface area contributed by atoms with E-state index in [4.69, 9.17) is 0 Å². The molecule has 0 radical (unpaired) electrons. The Labute approximate surface area is 144 Å². The number of likely N-dealkylation sites (N-methyl/N-ethyl adjacent to an activating group) is 2. The molecule has 1 heterocycles. The van der Waals surface area contributed by atoms with E-state index < -0.39 is 0 Å². The van der Waals surface area contributed by atoms with Gasteiger partial charge in [-0.3, -0.25) is 9.59 Å². The fraction of sp³-hybridized carbons (Fsp3) is 0.474. The fourth-order valence-electron chi connectivity index (χ4n) is 2.86. The molecule has 130 valence electrons. The molecule has 2 amide bonds. The van der Waals surface area contributed by atoms with Crippen LogP contribution in [0.25, 0.3) is 0 Å². The Morgan fingerprint density at radius 2 is 1.71 bits per heavy atom. The molecule has 1 aromatic rings. The van der Waals surface area contributed by atoms with E-state index in [2.05, 4.69) is 18.5 Å². The summed E-state index contributed by atoms with van der Waals surface area (Å²) in [6.07, 6.45) is 0. The molecular weight excluding hydrogens is 302 g/mol. The average molecular weight is 329 g/mol. The highest BCUT2D eigenvalue weighted by Crippen LogP contribution is 2.16. The lowest BCUT2D eigenvalue weighted by Crippen LogP contribution is -2.47. The molecule has 5 heteroatoms. The zero-order valence-corrected chi connectivity index (χ0v) is 14.9. The van der Waals surface area contributed by atoms with Crippen LogP contribution in [0.1, 0.15) is 34.6 Å². The summed E-state index contributed by atoms with van der Waals surface area (Å²) in [6.45, 7) is 11.9. The van der Waals surface area contributed by atoms with Crippen molar-refractivity contribution in [3.63, 3.8) is 0 Å². The number of rotatable bonds is 5. The summed E-state index contributed by atoms with van der Waals surface area (Å²) in [5.41, 5.74) is 1.89. The molecule has 5 nitrogen and oxygen atoms in total. The Bertz CT molecular complexity index is 619. The molecule has 1 fully saturated rings. The zero-order chi connectivity index (χ0) is 17.7. The molecule has 24 heavy (non-hydrogen) atoms. The van der Waals surface area contributed by atoms with Crippen molar-refractivity contribution < 1.29 is 9.59 Å². The number of nitrogens with zero attached hydrogens (tertiary/aromatic N) is 3. The van der Waals surface area contributed by atoms with Gasteiger partial charge < -0.3 is 14.7 Å². The quantitative estimate of drug-likeness (QED) is 0.777. The summed E-state index contributed by atoms with van der Waals surface area (Å²) in [6, 6.07) is 7.12. The van der Waals surface area contributed by atoms with Crippen molar-refractivity contribution in [2.45, 2.75) is 13.8 Å². The second-order valence-electron chi connectivity index (χ2n) is 6.42. The average Bonchev–Trinajstić information content (AvgIpc) is 2.59. The standard InChI is InChI=1S/C19H27N3O2/c1-5-21(14-15(2)3)18(23)16-8-6-7-9-17(16)19(24)22-12-10-20(4)11-13-22/h6-9H,2,5,10-14H2,1,3-4H3. The minimum absolute atomic E-state index is 0.0570. The maximum absolute atomic E-state index is 12.9. The summed E-state index contributed by atoms with van der Waals surface area (Å²) in [5.74, 6) is -0.169. The van der Waals surface area contributed by atoms with Gasteiger partial charge in [-0.15, -0.1) is 0 Å². The largest absolute Gasteiger partial charge is 0.336 e. The Balaban J connectivity index is 2.24. The lowest BCUT2D eigenvalue weighted by Gasteiger charge is -2.33. The zero-order valence-electron chi connectivity index (χ0n) is 14.9. The van der Waals surface area contributed by atoms with Gasteiger partial charge in [0, 0.05) is 39.3 Å². The van der Waals surface area contributed by atoms with Crippen LogP contribution in [-0.2, 0) is 0 Å². The van der Waals surface area contributed by atoms with E-state index in [0.29, 0.717) is 37.3 Å².